The fourth-order valence-corrected chi connectivity index (χ4v) is 7.23. The van der Waals surface area contributed by atoms with Crippen LogP contribution in [0, 0.1) is 11.6 Å². The zero-order chi connectivity index (χ0) is 34.6. The highest BCUT2D eigenvalue weighted by Crippen LogP contribution is 2.38. The molecule has 9 nitrogen and oxygen atoms in total. The van der Waals surface area contributed by atoms with E-state index in [1.54, 1.807) is 43.5 Å². The van der Waals surface area contributed by atoms with Crippen LogP contribution in [0.1, 0.15) is 74.8 Å². The van der Waals surface area contributed by atoms with Crippen LogP contribution >= 0.6 is 11.3 Å². The molecule has 0 bridgehead atoms. The number of carbonyl (C=O) groups is 2. The number of nitrogens with one attached hydrogen (secondary N) is 1. The Balaban J connectivity index is 0.000000318. The van der Waals surface area contributed by atoms with Crippen LogP contribution in [0.5, 0.6) is 5.75 Å². The number of amides is 1. The van der Waals surface area contributed by atoms with Gasteiger partial charge in [-0.25, -0.2) is 22.9 Å². The number of hydrogen-bond donors (Lipinski definition) is 1. The molecule has 1 N–H and O–H groups in total. The number of aldehydes is 1. The molecule has 2 aromatic heterocycles. The van der Waals surface area contributed by atoms with Gasteiger partial charge in [-0.15, -0.1) is 0 Å². The van der Waals surface area contributed by atoms with Crippen LogP contribution in [0.25, 0.3) is 26.4 Å². The summed E-state index contributed by atoms with van der Waals surface area (Å²) in [6.07, 6.45) is 5.12. The molecular weight excluding hydrogens is 643 g/mol. The fourth-order valence-electron chi connectivity index (χ4n) is 6.19. The lowest BCUT2D eigenvalue weighted by Crippen LogP contribution is -2.36. The van der Waals surface area contributed by atoms with Crippen LogP contribution in [-0.2, 0) is 4.74 Å². The summed E-state index contributed by atoms with van der Waals surface area (Å²) in [6.45, 7) is 9.80. The molecule has 260 valence electrons. The van der Waals surface area contributed by atoms with Crippen LogP contribution in [0.2, 0.25) is 0 Å². The Labute approximate surface area is 283 Å². The van der Waals surface area contributed by atoms with Crippen LogP contribution in [0.4, 0.5) is 18.0 Å². The Morgan fingerprint density at radius 1 is 1.12 bits per heavy atom. The molecular formula is C35H44F3N5O4S. The predicted molar refractivity (Wildman–Crippen MR) is 182 cm³/mol. The third kappa shape index (κ3) is 7.95. The number of imidazole rings is 1. The smallest absolute Gasteiger partial charge is 0.410 e. The normalized spacial score (nSPS) is 17.5. The van der Waals surface area contributed by atoms with Crippen molar-refractivity contribution in [1.29, 1.82) is 0 Å². The summed E-state index contributed by atoms with van der Waals surface area (Å²) in [5.41, 5.74) is 0.906. The van der Waals surface area contributed by atoms with Gasteiger partial charge in [-0.1, -0.05) is 17.4 Å². The molecule has 0 aliphatic carbocycles. The van der Waals surface area contributed by atoms with E-state index in [1.807, 2.05) is 7.05 Å². The second kappa shape index (κ2) is 15.3. The van der Waals surface area contributed by atoms with Crippen molar-refractivity contribution < 1.29 is 32.2 Å². The van der Waals surface area contributed by atoms with Crippen molar-refractivity contribution in [3.05, 3.63) is 53.2 Å². The first-order valence-electron chi connectivity index (χ1n) is 16.4. The van der Waals surface area contributed by atoms with E-state index in [-0.39, 0.29) is 16.8 Å². The van der Waals surface area contributed by atoms with Gasteiger partial charge in [0.1, 0.15) is 17.5 Å². The summed E-state index contributed by atoms with van der Waals surface area (Å²) < 4.78 is 56.7. The van der Waals surface area contributed by atoms with Crippen LogP contribution in [0.3, 0.4) is 0 Å². The number of rotatable bonds is 8. The van der Waals surface area contributed by atoms with Gasteiger partial charge in [-0.3, -0.25) is 9.20 Å². The fraction of sp³-hybridized carbons (Fsp3) is 0.514. The average molecular weight is 688 g/mol. The largest absolute Gasteiger partial charge is 0.496 e. The van der Waals surface area contributed by atoms with Crippen LogP contribution < -0.4 is 10.1 Å². The number of benzene rings is 2. The van der Waals surface area contributed by atoms with Crippen molar-refractivity contribution in [3.8, 4) is 17.0 Å². The first kappa shape index (κ1) is 35.6. The minimum absolute atomic E-state index is 0.0265. The molecule has 1 amide bonds. The van der Waals surface area contributed by atoms with Gasteiger partial charge < -0.3 is 24.6 Å². The SMILES string of the molecule is CNCCCN1CCC(F)CC1.COc1cc2c(cc1C=O)sc1nc(-c3ccc(C4CCCN4C(=O)OC(C)(C)C)c(F)c3F)cn12. The number of alkyl halides is 1. The van der Waals surface area contributed by atoms with Crippen molar-refractivity contribution in [1.82, 2.24) is 24.5 Å². The van der Waals surface area contributed by atoms with Crippen molar-refractivity contribution in [2.75, 3.05) is 46.9 Å². The van der Waals surface area contributed by atoms with Crippen molar-refractivity contribution in [2.45, 2.75) is 70.7 Å². The van der Waals surface area contributed by atoms with E-state index in [0.29, 0.717) is 35.7 Å². The molecule has 2 aliphatic rings. The van der Waals surface area contributed by atoms with Gasteiger partial charge in [0.05, 0.1) is 34.6 Å². The number of hydrogen-bond acceptors (Lipinski definition) is 8. The Morgan fingerprint density at radius 3 is 2.54 bits per heavy atom. The number of nitrogens with zero attached hydrogens (tertiary/aromatic N) is 4. The number of methoxy groups -OCH3 is 1. The highest BCUT2D eigenvalue weighted by Gasteiger charge is 2.35. The molecule has 1 atom stereocenters. The molecule has 2 fully saturated rings. The van der Waals surface area contributed by atoms with E-state index < -0.39 is 35.5 Å². The topological polar surface area (TPSA) is 88.4 Å². The summed E-state index contributed by atoms with van der Waals surface area (Å²) >= 11 is 1.33. The number of halogens is 3. The van der Waals surface area contributed by atoms with E-state index in [4.69, 9.17) is 9.47 Å². The van der Waals surface area contributed by atoms with Gasteiger partial charge in [0.2, 0.25) is 0 Å². The second-order valence-electron chi connectivity index (χ2n) is 13.2. The lowest BCUT2D eigenvalue weighted by atomic mass is 10.0. The van der Waals surface area contributed by atoms with Gasteiger partial charge in [-0.05, 0) is 85.1 Å². The summed E-state index contributed by atoms with van der Waals surface area (Å²) in [6, 6.07) is 5.86. The van der Waals surface area contributed by atoms with E-state index in [2.05, 4.69) is 15.2 Å². The Morgan fingerprint density at radius 2 is 1.88 bits per heavy atom. The molecule has 1 unspecified atom stereocenters. The summed E-state index contributed by atoms with van der Waals surface area (Å²) in [5.74, 6) is -1.59. The van der Waals surface area contributed by atoms with Gasteiger partial charge in [0.25, 0.3) is 0 Å². The number of thiazole rings is 1. The third-order valence-electron chi connectivity index (χ3n) is 8.62. The minimum Gasteiger partial charge on any atom is -0.496 e. The summed E-state index contributed by atoms with van der Waals surface area (Å²) in [7, 11) is 3.44. The average Bonchev–Trinajstić information content (AvgIpc) is 3.77. The lowest BCUT2D eigenvalue weighted by molar-refractivity contribution is 0.0221. The molecule has 2 saturated heterocycles. The standard InChI is InChI=1S/C26H25F2N3O4S.C9H19FN2/c1-26(2,3)35-25(33)30-9-5-6-18(30)16-8-7-15(22(27)23(16)28)17-12-31-19-11-20(34-4)14(13-32)10-21(19)36-24(31)29-17;1-11-5-2-6-12-7-3-9(10)4-8-12/h7-8,10-13,18H,5-6,9H2,1-4H3;9,11H,2-8H2,1H3. The molecule has 0 radical (unpaired) electrons. The maximum atomic E-state index is 15.4. The predicted octanol–water partition coefficient (Wildman–Crippen LogP) is 7.42. The van der Waals surface area contributed by atoms with E-state index in [0.717, 1.165) is 55.5 Å². The van der Waals surface area contributed by atoms with Crippen molar-refractivity contribution in [2.24, 2.45) is 0 Å². The minimum atomic E-state index is -1.01. The van der Waals surface area contributed by atoms with Gasteiger partial charge in [0, 0.05) is 43.0 Å². The third-order valence-corrected chi connectivity index (χ3v) is 9.64. The number of likely N-dealkylation sites (tertiary alicyclic amines) is 2. The Bertz CT molecular complexity index is 1750. The van der Waals surface area contributed by atoms with Crippen LogP contribution in [0.15, 0.2) is 30.5 Å². The highest BCUT2D eigenvalue weighted by atomic mass is 32.1. The van der Waals surface area contributed by atoms with Crippen molar-refractivity contribution in [3.63, 3.8) is 0 Å². The molecule has 48 heavy (non-hydrogen) atoms. The van der Waals surface area contributed by atoms with E-state index >= 15 is 8.78 Å². The number of carbonyl (C=O) groups excluding carboxylic acids is 2. The zero-order valence-electron chi connectivity index (χ0n) is 28.2. The Hall–Kier alpha value is -3.68. The first-order valence-corrected chi connectivity index (χ1v) is 17.2. The molecule has 13 heteroatoms. The summed E-state index contributed by atoms with van der Waals surface area (Å²) in [5, 5.41) is 3.12. The second-order valence-corrected chi connectivity index (χ2v) is 14.2. The zero-order valence-corrected chi connectivity index (χ0v) is 29.0. The molecule has 4 heterocycles. The molecule has 2 aromatic carbocycles. The quantitative estimate of drug-likeness (QED) is 0.152. The van der Waals surface area contributed by atoms with Crippen molar-refractivity contribution >= 4 is 38.9 Å². The number of ether oxygens (including phenoxy) is 2. The molecule has 0 spiro atoms. The monoisotopic (exact) mass is 687 g/mol. The maximum absolute atomic E-state index is 15.4. The Kier molecular flexibility index (Phi) is 11.3. The first-order chi connectivity index (χ1) is 22.9. The number of piperidine rings is 1. The van der Waals surface area contributed by atoms with Gasteiger partial charge >= 0.3 is 6.09 Å². The number of aromatic nitrogens is 2. The van der Waals surface area contributed by atoms with Gasteiger partial charge in [-0.2, -0.15) is 0 Å². The molecule has 4 aromatic rings. The van der Waals surface area contributed by atoms with E-state index in [9.17, 15) is 14.0 Å². The van der Waals surface area contributed by atoms with Crippen LogP contribution in [-0.4, -0.2) is 90.2 Å². The number of fused-ring (bicyclic) bond motifs is 3. The molecule has 0 saturated carbocycles. The maximum Gasteiger partial charge on any atom is 0.410 e. The van der Waals surface area contributed by atoms with E-state index in [1.165, 1.54) is 41.9 Å². The summed E-state index contributed by atoms with van der Waals surface area (Å²) in [4.78, 5) is 32.9. The molecule has 2 aliphatic heterocycles. The lowest BCUT2D eigenvalue weighted by Gasteiger charge is -2.29. The molecule has 6 rings (SSSR count). The highest BCUT2D eigenvalue weighted by molar-refractivity contribution is 7.23. The van der Waals surface area contributed by atoms with Gasteiger partial charge in [0.15, 0.2) is 22.9 Å².